The molecule has 2 aliphatic heterocycles. The lowest BCUT2D eigenvalue weighted by Gasteiger charge is -2.26. The highest BCUT2D eigenvalue weighted by molar-refractivity contribution is 6.07. The largest absolute Gasteiger partial charge is 0.506 e. The molecule has 0 radical (unpaired) electrons. The van der Waals surface area contributed by atoms with E-state index >= 15 is 4.39 Å². The monoisotopic (exact) mass is 966 g/mol. The number of anilines is 4. The zero-order chi connectivity index (χ0) is 50.5. The van der Waals surface area contributed by atoms with E-state index in [9.17, 15) is 34.9 Å². The maximum atomic E-state index is 15.8. The van der Waals surface area contributed by atoms with Gasteiger partial charge in [-0.05, 0) is 60.4 Å². The number of alkyl halides is 1. The molecule has 2 heterocycles. The summed E-state index contributed by atoms with van der Waals surface area (Å²) in [6, 6.07) is 26.2. The number of rotatable bonds is 18. The molecule has 0 bridgehead atoms. The highest BCUT2D eigenvalue weighted by Gasteiger charge is 2.45. The average Bonchev–Trinajstić information content (AvgIpc) is 3.92. The first-order valence-corrected chi connectivity index (χ1v) is 22.4. The number of halogens is 1. The van der Waals surface area contributed by atoms with Crippen molar-refractivity contribution in [3.8, 4) is 23.0 Å². The molecule has 70 heavy (non-hydrogen) atoms. The van der Waals surface area contributed by atoms with Crippen LogP contribution in [-0.2, 0) is 4.79 Å². The van der Waals surface area contributed by atoms with Gasteiger partial charge in [0.05, 0.1) is 63.5 Å². The first-order chi connectivity index (χ1) is 33.6. The van der Waals surface area contributed by atoms with E-state index in [1.807, 2.05) is 44.2 Å². The van der Waals surface area contributed by atoms with E-state index < -0.39 is 28.3 Å². The predicted octanol–water partition coefficient (Wildman–Crippen LogP) is 8.07. The van der Waals surface area contributed by atoms with Gasteiger partial charge in [0.25, 0.3) is 17.3 Å². The number of fused-ring (bicyclic) bond motifs is 4. The minimum atomic E-state index is -2.98. The van der Waals surface area contributed by atoms with Crippen LogP contribution in [0.3, 0.4) is 0 Å². The molecular formula is C49H55FN8O12. The van der Waals surface area contributed by atoms with Gasteiger partial charge in [-0.3, -0.25) is 35.1 Å². The summed E-state index contributed by atoms with van der Waals surface area (Å²) in [6.45, 7) is 7.45. The van der Waals surface area contributed by atoms with Crippen molar-refractivity contribution in [2.45, 2.75) is 59.0 Å². The molecule has 0 aromatic heterocycles. The van der Waals surface area contributed by atoms with Crippen LogP contribution in [0.2, 0.25) is 0 Å². The summed E-state index contributed by atoms with van der Waals surface area (Å²) < 4.78 is 38.1. The SMILES string of the molecule is CCCCN(C=O)CCO.CCCCN(CCO)C(=O)c1cc2ccccc2c(N)c1OC1(F)Nc2ccc([N+](=O)[O-])cc2O1.Cc1cc2ccccc2c(N)c1OC1Nc2ccc([N+](=O)[O-])cc2O1. The third kappa shape index (κ3) is 12.1. The van der Waals surface area contributed by atoms with Crippen LogP contribution in [0.1, 0.15) is 55.5 Å². The summed E-state index contributed by atoms with van der Waals surface area (Å²) in [4.78, 5) is 47.6. The fourth-order valence-corrected chi connectivity index (χ4v) is 7.54. The number of benzene rings is 6. The molecule has 0 saturated heterocycles. The number of non-ortho nitro benzene ring substituents is 2. The molecule has 0 saturated carbocycles. The van der Waals surface area contributed by atoms with Gasteiger partial charge in [0, 0.05) is 49.1 Å². The van der Waals surface area contributed by atoms with Gasteiger partial charge in [0.15, 0.2) is 23.0 Å². The minimum Gasteiger partial charge on any atom is -0.435 e. The lowest BCUT2D eigenvalue weighted by molar-refractivity contribution is -0.385. The molecule has 2 amide bonds. The smallest absolute Gasteiger partial charge is 0.435 e. The Morgan fingerprint density at radius 3 is 1.97 bits per heavy atom. The maximum Gasteiger partial charge on any atom is 0.506 e. The fraction of sp³-hybridized carbons (Fsp3) is 0.306. The quantitative estimate of drug-likeness (QED) is 0.0156. The van der Waals surface area contributed by atoms with E-state index in [0.29, 0.717) is 53.2 Å². The Morgan fingerprint density at radius 2 is 1.37 bits per heavy atom. The third-order valence-electron chi connectivity index (χ3n) is 11.1. The number of aliphatic hydroxyl groups is 2. The summed E-state index contributed by atoms with van der Waals surface area (Å²) in [5, 5.41) is 48.4. The van der Waals surface area contributed by atoms with Crippen molar-refractivity contribution in [3.63, 3.8) is 0 Å². The van der Waals surface area contributed by atoms with Crippen LogP contribution in [-0.4, -0.2) is 94.1 Å². The zero-order valence-electron chi connectivity index (χ0n) is 38.8. The number of carbonyl (C=O) groups is 2. The van der Waals surface area contributed by atoms with E-state index in [2.05, 4.69) is 17.6 Å². The number of nitrogens with zero attached hydrogens (tertiary/aromatic N) is 4. The van der Waals surface area contributed by atoms with Crippen LogP contribution < -0.4 is 41.0 Å². The average molecular weight is 967 g/mol. The molecule has 8 N–H and O–H groups in total. The van der Waals surface area contributed by atoms with Crippen molar-refractivity contribution < 1.29 is 53.0 Å². The molecule has 8 rings (SSSR count). The van der Waals surface area contributed by atoms with Crippen molar-refractivity contribution in [1.29, 1.82) is 0 Å². The van der Waals surface area contributed by atoms with E-state index in [-0.39, 0.29) is 59.6 Å². The predicted molar refractivity (Wildman–Crippen MR) is 263 cm³/mol. The van der Waals surface area contributed by atoms with Crippen molar-refractivity contribution in [2.75, 3.05) is 61.5 Å². The first-order valence-electron chi connectivity index (χ1n) is 22.4. The van der Waals surface area contributed by atoms with Crippen LogP contribution in [0.4, 0.5) is 38.5 Å². The molecule has 370 valence electrons. The standard InChI is InChI=1S/C24H25FN4O6.C18H15N3O4.C7H15NO2/c1-2-3-10-28(11-12-30)23(31)18-13-15-6-4-5-7-17(15)21(26)22(18)35-24(25)27-19-9-8-16(29(32)33)14-20(19)34-24;1-10-8-11-4-2-3-5-13(11)16(19)17(10)25-18-20-14-7-6-12(21(22)23)9-15(14)24-18;1-2-3-4-8(7-10)5-6-9/h4-9,13-14,27,30H,2-3,10-12,26H2,1H3;2-9,18,20H,19H2,1H3;7,9H,2-6H2,1H3. The molecule has 2 unspecified atom stereocenters. The number of unbranched alkanes of at least 4 members (excludes halogenated alkanes) is 2. The number of nitrogens with two attached hydrogens (primary N) is 2. The molecule has 6 aromatic rings. The Labute approximate surface area is 401 Å². The molecule has 20 nitrogen and oxygen atoms in total. The second-order valence-electron chi connectivity index (χ2n) is 16.1. The lowest BCUT2D eigenvalue weighted by atomic mass is 10.0. The number of nitro groups is 2. The van der Waals surface area contributed by atoms with Gasteiger partial charge >= 0.3 is 12.6 Å². The number of nitro benzene ring substituents is 2. The third-order valence-corrected chi connectivity index (χ3v) is 11.1. The molecule has 21 heteroatoms. The van der Waals surface area contributed by atoms with Crippen LogP contribution in [0.25, 0.3) is 21.5 Å². The number of amides is 2. The van der Waals surface area contributed by atoms with Crippen LogP contribution in [0.5, 0.6) is 23.0 Å². The fourth-order valence-electron chi connectivity index (χ4n) is 7.54. The van der Waals surface area contributed by atoms with Crippen molar-refractivity contribution >= 4 is 68.0 Å². The van der Waals surface area contributed by atoms with Crippen molar-refractivity contribution in [1.82, 2.24) is 9.80 Å². The Bertz CT molecular complexity index is 2850. The normalized spacial score (nSPS) is 15.0. The van der Waals surface area contributed by atoms with Crippen molar-refractivity contribution in [3.05, 3.63) is 128 Å². The van der Waals surface area contributed by atoms with Crippen molar-refractivity contribution in [2.24, 2.45) is 0 Å². The molecule has 2 atom stereocenters. The summed E-state index contributed by atoms with van der Waals surface area (Å²) in [5.74, 6) is 0.0358. The van der Waals surface area contributed by atoms with E-state index in [0.717, 1.165) is 54.6 Å². The number of hydrogen-bond acceptors (Lipinski definition) is 16. The Balaban J connectivity index is 0.000000199. The highest BCUT2D eigenvalue weighted by atomic mass is 19.2. The first kappa shape index (κ1) is 51.2. The minimum absolute atomic E-state index is 0.00452. The number of nitrogens with one attached hydrogen (secondary N) is 2. The second-order valence-corrected chi connectivity index (χ2v) is 16.1. The van der Waals surface area contributed by atoms with Crippen LogP contribution in [0.15, 0.2) is 97.1 Å². The van der Waals surface area contributed by atoms with Crippen LogP contribution >= 0.6 is 0 Å². The van der Waals surface area contributed by atoms with Gasteiger partial charge in [-0.25, -0.2) is 0 Å². The molecule has 0 aliphatic carbocycles. The van der Waals surface area contributed by atoms with Gasteiger partial charge in [0.1, 0.15) is 0 Å². The van der Waals surface area contributed by atoms with Gasteiger partial charge in [-0.2, -0.15) is 0 Å². The summed E-state index contributed by atoms with van der Waals surface area (Å²) in [5.41, 5.74) is 14.5. The highest BCUT2D eigenvalue weighted by Crippen LogP contribution is 2.44. The number of aryl methyl sites for hydroxylation is 1. The molecule has 0 spiro atoms. The summed E-state index contributed by atoms with van der Waals surface area (Å²) in [6.07, 6.45) is 0.624. The number of nitrogen functional groups attached to an aromatic ring is 2. The molecule has 6 aromatic carbocycles. The van der Waals surface area contributed by atoms with Gasteiger partial charge in [-0.1, -0.05) is 75.2 Å². The summed E-state index contributed by atoms with van der Waals surface area (Å²) in [7, 11) is 0. The lowest BCUT2D eigenvalue weighted by Crippen LogP contribution is -2.42. The van der Waals surface area contributed by atoms with E-state index in [1.54, 1.807) is 41.3 Å². The second kappa shape index (κ2) is 23.2. The number of hydrogen-bond donors (Lipinski definition) is 6. The Kier molecular flexibility index (Phi) is 17.0. The van der Waals surface area contributed by atoms with Crippen LogP contribution in [0, 0.1) is 27.2 Å². The Hall–Kier alpha value is -8.17. The molecule has 2 aliphatic rings. The Morgan fingerprint density at radius 1 is 0.800 bits per heavy atom. The van der Waals surface area contributed by atoms with E-state index in [4.69, 9.17) is 35.5 Å². The maximum absolute atomic E-state index is 15.8. The molecule has 0 fully saturated rings. The topological polar surface area (TPSA) is 280 Å². The van der Waals surface area contributed by atoms with Gasteiger partial charge in [-0.15, -0.1) is 4.39 Å². The molecular weight excluding hydrogens is 912 g/mol. The number of ether oxygens (including phenoxy) is 4. The summed E-state index contributed by atoms with van der Waals surface area (Å²) >= 11 is 0. The van der Waals surface area contributed by atoms with Gasteiger partial charge < -0.3 is 55.7 Å². The zero-order valence-corrected chi connectivity index (χ0v) is 38.8. The number of carbonyl (C=O) groups excluding carboxylic acids is 2. The number of aliphatic hydroxyl groups excluding tert-OH is 2. The van der Waals surface area contributed by atoms with Gasteiger partial charge in [0.2, 0.25) is 6.41 Å². The van der Waals surface area contributed by atoms with E-state index in [1.165, 1.54) is 29.2 Å².